The molecule has 1 aromatic carbocycles. The molecule has 1 fully saturated rings. The first-order valence-corrected chi connectivity index (χ1v) is 5.77. The van der Waals surface area contributed by atoms with Gasteiger partial charge in [-0.3, -0.25) is 4.79 Å². The molecule has 0 aromatic heterocycles. The van der Waals surface area contributed by atoms with Crippen LogP contribution in [-0.4, -0.2) is 19.6 Å². The Morgan fingerprint density at radius 3 is 2.59 bits per heavy atom. The summed E-state index contributed by atoms with van der Waals surface area (Å²) in [6.45, 7) is 4.12. The number of ether oxygens (including phenoxy) is 1. The molecule has 0 heterocycles. The summed E-state index contributed by atoms with van der Waals surface area (Å²) >= 11 is 0. The van der Waals surface area contributed by atoms with Gasteiger partial charge in [0.1, 0.15) is 5.75 Å². The van der Waals surface area contributed by atoms with Crippen molar-refractivity contribution in [2.24, 2.45) is 0 Å². The minimum atomic E-state index is -0.310. The first-order valence-electron chi connectivity index (χ1n) is 5.77. The van der Waals surface area contributed by atoms with Gasteiger partial charge < -0.3 is 10.1 Å². The number of nitrogens with one attached hydrogen (secondary N) is 1. The van der Waals surface area contributed by atoms with E-state index in [-0.39, 0.29) is 11.3 Å². The Morgan fingerprint density at radius 1 is 1.47 bits per heavy atom. The van der Waals surface area contributed by atoms with Gasteiger partial charge >= 0.3 is 0 Å². The monoisotopic (exact) mass is 231 g/mol. The number of amides is 1. The Labute approximate surface area is 101 Å². The van der Waals surface area contributed by atoms with E-state index in [1.165, 1.54) is 0 Å². The Kier molecular flexibility index (Phi) is 3.18. The van der Waals surface area contributed by atoms with Crippen molar-refractivity contribution >= 4 is 5.91 Å². The summed E-state index contributed by atoms with van der Waals surface area (Å²) in [6, 6.07) is 7.74. The van der Waals surface area contributed by atoms with E-state index in [9.17, 15) is 4.79 Å². The zero-order valence-corrected chi connectivity index (χ0v) is 10.0. The van der Waals surface area contributed by atoms with E-state index in [1.807, 2.05) is 24.3 Å². The van der Waals surface area contributed by atoms with Crippen LogP contribution in [0.15, 0.2) is 36.9 Å². The van der Waals surface area contributed by atoms with E-state index in [0.29, 0.717) is 6.54 Å². The van der Waals surface area contributed by atoms with E-state index >= 15 is 0 Å². The summed E-state index contributed by atoms with van der Waals surface area (Å²) < 4.78 is 5.11. The molecule has 3 heteroatoms. The fourth-order valence-corrected chi connectivity index (χ4v) is 2.02. The van der Waals surface area contributed by atoms with Gasteiger partial charge in [0.25, 0.3) is 0 Å². The molecule has 1 aromatic rings. The smallest absolute Gasteiger partial charge is 0.230 e. The highest BCUT2D eigenvalue weighted by atomic mass is 16.5. The van der Waals surface area contributed by atoms with E-state index in [0.717, 1.165) is 24.2 Å². The second kappa shape index (κ2) is 4.62. The van der Waals surface area contributed by atoms with Gasteiger partial charge in [0.15, 0.2) is 0 Å². The predicted octanol–water partition coefficient (Wildman–Crippen LogP) is 2.03. The van der Waals surface area contributed by atoms with Crippen LogP contribution >= 0.6 is 0 Å². The molecule has 1 amide bonds. The largest absolute Gasteiger partial charge is 0.497 e. The highest BCUT2D eigenvalue weighted by Crippen LogP contribution is 2.48. The Balaban J connectivity index is 2.14. The fraction of sp³-hybridized carbons (Fsp3) is 0.357. The molecule has 1 aliphatic carbocycles. The van der Waals surface area contributed by atoms with Gasteiger partial charge in [0.05, 0.1) is 12.5 Å². The van der Waals surface area contributed by atoms with Gasteiger partial charge in [0.2, 0.25) is 5.91 Å². The predicted molar refractivity (Wildman–Crippen MR) is 67.1 cm³/mol. The molecule has 0 aliphatic heterocycles. The van der Waals surface area contributed by atoms with Gasteiger partial charge in [-0.1, -0.05) is 18.2 Å². The minimum absolute atomic E-state index is 0.0996. The van der Waals surface area contributed by atoms with Crippen LogP contribution in [0, 0.1) is 0 Å². The molecular formula is C14H17NO2. The van der Waals surface area contributed by atoms with E-state index in [4.69, 9.17) is 4.74 Å². The quantitative estimate of drug-likeness (QED) is 0.787. The maximum atomic E-state index is 12.1. The Morgan fingerprint density at radius 2 is 2.12 bits per heavy atom. The number of rotatable bonds is 5. The number of benzene rings is 1. The summed E-state index contributed by atoms with van der Waals surface area (Å²) in [5, 5.41) is 2.87. The fourth-order valence-electron chi connectivity index (χ4n) is 2.02. The van der Waals surface area contributed by atoms with Gasteiger partial charge in [0, 0.05) is 6.54 Å². The van der Waals surface area contributed by atoms with Gasteiger partial charge in [-0.15, -0.1) is 6.58 Å². The third-order valence-electron chi connectivity index (χ3n) is 3.23. The average Bonchev–Trinajstić information content (AvgIpc) is 3.17. The molecule has 90 valence electrons. The molecule has 1 N–H and O–H groups in total. The highest BCUT2D eigenvalue weighted by Gasteiger charge is 2.50. The first-order chi connectivity index (χ1) is 8.23. The number of hydrogen-bond donors (Lipinski definition) is 1. The van der Waals surface area contributed by atoms with Crippen molar-refractivity contribution in [3.63, 3.8) is 0 Å². The molecule has 0 unspecified atom stereocenters. The molecule has 0 bridgehead atoms. The molecular weight excluding hydrogens is 214 g/mol. The molecule has 0 atom stereocenters. The van der Waals surface area contributed by atoms with Crippen molar-refractivity contribution in [3.05, 3.63) is 42.5 Å². The molecule has 2 rings (SSSR count). The number of carbonyl (C=O) groups excluding carboxylic acids is 1. The highest BCUT2D eigenvalue weighted by molar-refractivity contribution is 5.91. The van der Waals surface area contributed by atoms with Crippen molar-refractivity contribution in [1.29, 1.82) is 0 Å². The standard InChI is InChI=1S/C14H17NO2/c1-3-10-15-13(16)14(8-9-14)11-4-6-12(17-2)7-5-11/h3-7H,1,8-10H2,2H3,(H,15,16). The number of methoxy groups -OCH3 is 1. The van der Waals surface area contributed by atoms with E-state index < -0.39 is 0 Å². The topological polar surface area (TPSA) is 38.3 Å². The van der Waals surface area contributed by atoms with Crippen LogP contribution in [0.2, 0.25) is 0 Å². The second-order valence-electron chi connectivity index (χ2n) is 4.31. The lowest BCUT2D eigenvalue weighted by molar-refractivity contribution is -0.123. The number of carbonyl (C=O) groups is 1. The van der Waals surface area contributed by atoms with Crippen LogP contribution in [-0.2, 0) is 10.2 Å². The maximum absolute atomic E-state index is 12.1. The Bertz CT molecular complexity index is 418. The lowest BCUT2D eigenvalue weighted by Gasteiger charge is -2.15. The van der Waals surface area contributed by atoms with Crippen LogP contribution in [0.3, 0.4) is 0 Å². The van der Waals surface area contributed by atoms with Crippen LogP contribution in [0.1, 0.15) is 18.4 Å². The first kappa shape index (κ1) is 11.7. The van der Waals surface area contributed by atoms with E-state index in [2.05, 4.69) is 11.9 Å². The third-order valence-corrected chi connectivity index (χ3v) is 3.23. The normalized spacial score (nSPS) is 16.1. The van der Waals surface area contributed by atoms with Crippen molar-refractivity contribution in [2.75, 3.05) is 13.7 Å². The SMILES string of the molecule is C=CCNC(=O)C1(c2ccc(OC)cc2)CC1. The summed E-state index contributed by atoms with van der Waals surface area (Å²) in [7, 11) is 1.64. The average molecular weight is 231 g/mol. The molecule has 1 saturated carbocycles. The van der Waals surface area contributed by atoms with Gasteiger partial charge in [-0.25, -0.2) is 0 Å². The van der Waals surface area contributed by atoms with Gasteiger partial charge in [-0.05, 0) is 30.5 Å². The Hall–Kier alpha value is -1.77. The van der Waals surface area contributed by atoms with Crippen LogP contribution in [0.5, 0.6) is 5.75 Å². The molecule has 0 spiro atoms. The van der Waals surface area contributed by atoms with Gasteiger partial charge in [-0.2, -0.15) is 0 Å². The lowest BCUT2D eigenvalue weighted by Crippen LogP contribution is -2.34. The molecule has 0 radical (unpaired) electrons. The molecule has 1 aliphatic rings. The molecule has 3 nitrogen and oxygen atoms in total. The third kappa shape index (κ3) is 2.18. The van der Waals surface area contributed by atoms with E-state index in [1.54, 1.807) is 13.2 Å². The van der Waals surface area contributed by atoms with Crippen molar-refractivity contribution < 1.29 is 9.53 Å². The zero-order chi connectivity index (χ0) is 12.3. The zero-order valence-electron chi connectivity index (χ0n) is 10.0. The second-order valence-corrected chi connectivity index (χ2v) is 4.31. The summed E-state index contributed by atoms with van der Waals surface area (Å²) in [5.74, 6) is 0.915. The van der Waals surface area contributed by atoms with Crippen molar-refractivity contribution in [3.8, 4) is 5.75 Å². The lowest BCUT2D eigenvalue weighted by atomic mass is 9.95. The molecule has 17 heavy (non-hydrogen) atoms. The maximum Gasteiger partial charge on any atom is 0.230 e. The van der Waals surface area contributed by atoms with Crippen molar-refractivity contribution in [1.82, 2.24) is 5.32 Å². The molecule has 0 saturated heterocycles. The minimum Gasteiger partial charge on any atom is -0.497 e. The summed E-state index contributed by atoms with van der Waals surface area (Å²) in [4.78, 5) is 12.1. The number of hydrogen-bond acceptors (Lipinski definition) is 2. The summed E-state index contributed by atoms with van der Waals surface area (Å²) in [5.41, 5.74) is 0.759. The van der Waals surface area contributed by atoms with Crippen LogP contribution in [0.4, 0.5) is 0 Å². The summed E-state index contributed by atoms with van der Waals surface area (Å²) in [6.07, 6.45) is 3.53. The van der Waals surface area contributed by atoms with Crippen LogP contribution in [0.25, 0.3) is 0 Å². The van der Waals surface area contributed by atoms with Crippen LogP contribution < -0.4 is 10.1 Å². The van der Waals surface area contributed by atoms with Crippen molar-refractivity contribution in [2.45, 2.75) is 18.3 Å².